The van der Waals surface area contributed by atoms with Crippen LogP contribution < -0.4 is 5.32 Å². The highest BCUT2D eigenvalue weighted by atomic mass is 16.2. The van der Waals surface area contributed by atoms with Crippen LogP contribution in [0.2, 0.25) is 0 Å². The van der Waals surface area contributed by atoms with Gasteiger partial charge in [-0.2, -0.15) is 0 Å². The Balaban J connectivity index is 2.22. The first-order valence-corrected chi connectivity index (χ1v) is 7.58. The Morgan fingerprint density at radius 3 is 2.60 bits per heavy atom. The van der Waals surface area contributed by atoms with Crippen LogP contribution in [0.4, 0.5) is 0 Å². The third-order valence-corrected chi connectivity index (χ3v) is 4.45. The molecule has 0 aromatic carbocycles. The van der Waals surface area contributed by atoms with E-state index in [0.29, 0.717) is 13.0 Å². The van der Waals surface area contributed by atoms with Crippen molar-refractivity contribution in [3.8, 4) is 12.3 Å². The van der Waals surface area contributed by atoms with Crippen LogP contribution in [0.15, 0.2) is 0 Å². The molecule has 110 valence electrons. The normalized spacial score (nSPS) is 25.1. The van der Waals surface area contributed by atoms with E-state index in [9.17, 15) is 9.59 Å². The Kier molecular flexibility index (Phi) is 4.37. The SMILES string of the molecule is C#CCCCN1C(=O)C2(CCCC2)NC(=O)C1C(C)C. The fourth-order valence-electron chi connectivity index (χ4n) is 3.48. The van der Waals surface area contributed by atoms with Crippen LogP contribution in [0.3, 0.4) is 0 Å². The number of unbranched alkanes of at least 4 members (excludes halogenated alkanes) is 1. The van der Waals surface area contributed by atoms with Gasteiger partial charge in [-0.3, -0.25) is 9.59 Å². The van der Waals surface area contributed by atoms with E-state index in [4.69, 9.17) is 6.42 Å². The molecule has 4 heteroatoms. The first-order chi connectivity index (χ1) is 9.52. The second-order valence-corrected chi connectivity index (χ2v) is 6.27. The number of amides is 2. The second-order valence-electron chi connectivity index (χ2n) is 6.27. The topological polar surface area (TPSA) is 49.4 Å². The van der Waals surface area contributed by atoms with Gasteiger partial charge in [0.1, 0.15) is 11.6 Å². The van der Waals surface area contributed by atoms with E-state index in [2.05, 4.69) is 11.2 Å². The molecule has 2 amide bonds. The third kappa shape index (κ3) is 2.54. The average Bonchev–Trinajstić information content (AvgIpc) is 2.84. The summed E-state index contributed by atoms with van der Waals surface area (Å²) in [5.41, 5.74) is -0.626. The lowest BCUT2D eigenvalue weighted by Crippen LogP contribution is -2.70. The Morgan fingerprint density at radius 1 is 1.40 bits per heavy atom. The fourth-order valence-corrected chi connectivity index (χ4v) is 3.48. The van der Waals surface area contributed by atoms with Crippen molar-refractivity contribution in [3.05, 3.63) is 0 Å². The lowest BCUT2D eigenvalue weighted by molar-refractivity contribution is -0.156. The quantitative estimate of drug-likeness (QED) is 0.627. The molecule has 2 aliphatic rings. The molecule has 2 fully saturated rings. The first-order valence-electron chi connectivity index (χ1n) is 7.58. The van der Waals surface area contributed by atoms with Crippen LogP contribution in [-0.4, -0.2) is 34.8 Å². The van der Waals surface area contributed by atoms with Gasteiger partial charge < -0.3 is 10.2 Å². The molecule has 0 radical (unpaired) electrons. The Hall–Kier alpha value is -1.50. The number of piperazine rings is 1. The standard InChI is InChI=1S/C16H24N2O2/c1-4-5-8-11-18-13(12(2)3)14(19)17-16(15(18)20)9-6-7-10-16/h1,12-13H,5-11H2,2-3H3,(H,17,19). The van der Waals surface area contributed by atoms with Crippen LogP contribution in [0.25, 0.3) is 0 Å². The summed E-state index contributed by atoms with van der Waals surface area (Å²) in [5.74, 6) is 2.82. The molecule has 0 aromatic heterocycles. The first kappa shape index (κ1) is 14.9. The van der Waals surface area contributed by atoms with Crippen LogP contribution in [-0.2, 0) is 9.59 Å². The highest BCUT2D eigenvalue weighted by Gasteiger charge is 2.52. The molecule has 4 nitrogen and oxygen atoms in total. The van der Waals surface area contributed by atoms with Gasteiger partial charge in [0.2, 0.25) is 11.8 Å². The van der Waals surface area contributed by atoms with Gasteiger partial charge >= 0.3 is 0 Å². The van der Waals surface area contributed by atoms with E-state index in [1.165, 1.54) is 0 Å². The third-order valence-electron chi connectivity index (χ3n) is 4.45. The molecule has 1 unspecified atom stereocenters. The molecule has 1 N–H and O–H groups in total. The number of hydrogen-bond acceptors (Lipinski definition) is 2. The summed E-state index contributed by atoms with van der Waals surface area (Å²) in [6.07, 6.45) is 10.2. The Bertz CT molecular complexity index is 430. The molecule has 0 bridgehead atoms. The van der Waals surface area contributed by atoms with Crippen LogP contribution in [0.1, 0.15) is 52.4 Å². The van der Waals surface area contributed by atoms with Gasteiger partial charge in [-0.1, -0.05) is 26.7 Å². The van der Waals surface area contributed by atoms with E-state index in [1.54, 1.807) is 4.90 Å². The van der Waals surface area contributed by atoms with E-state index in [0.717, 1.165) is 32.1 Å². The number of terminal acetylenes is 1. The van der Waals surface area contributed by atoms with Gasteiger partial charge in [-0.25, -0.2) is 0 Å². The largest absolute Gasteiger partial charge is 0.340 e. The molecular formula is C16H24N2O2. The number of nitrogens with one attached hydrogen (secondary N) is 1. The predicted octanol–water partition coefficient (Wildman–Crippen LogP) is 1.70. The summed E-state index contributed by atoms with van der Waals surface area (Å²) in [5, 5.41) is 3.02. The van der Waals surface area contributed by atoms with E-state index in [1.807, 2.05) is 13.8 Å². The zero-order chi connectivity index (χ0) is 14.8. The minimum absolute atomic E-state index is 0.00204. The maximum Gasteiger partial charge on any atom is 0.249 e. The van der Waals surface area contributed by atoms with Crippen molar-refractivity contribution >= 4 is 11.8 Å². The molecule has 20 heavy (non-hydrogen) atoms. The zero-order valence-corrected chi connectivity index (χ0v) is 12.4. The van der Waals surface area contributed by atoms with Gasteiger partial charge in [0.15, 0.2) is 0 Å². The molecule has 1 aliphatic carbocycles. The predicted molar refractivity (Wildman–Crippen MR) is 77.7 cm³/mol. The van der Waals surface area contributed by atoms with Crippen LogP contribution in [0, 0.1) is 18.3 Å². The van der Waals surface area contributed by atoms with E-state index in [-0.39, 0.29) is 23.8 Å². The van der Waals surface area contributed by atoms with Crippen molar-refractivity contribution in [2.45, 2.75) is 64.0 Å². The fraction of sp³-hybridized carbons (Fsp3) is 0.750. The van der Waals surface area contributed by atoms with Crippen molar-refractivity contribution in [1.82, 2.24) is 10.2 Å². The monoisotopic (exact) mass is 276 g/mol. The summed E-state index contributed by atoms with van der Waals surface area (Å²) in [4.78, 5) is 27.1. The molecule has 1 atom stereocenters. The highest BCUT2D eigenvalue weighted by Crippen LogP contribution is 2.35. The van der Waals surface area contributed by atoms with Gasteiger partial charge in [-0.05, 0) is 25.2 Å². The highest BCUT2D eigenvalue weighted by molar-refractivity contribution is 6.00. The van der Waals surface area contributed by atoms with E-state index >= 15 is 0 Å². The molecule has 0 aromatic rings. The summed E-state index contributed by atoms with van der Waals surface area (Å²) < 4.78 is 0. The van der Waals surface area contributed by atoms with Gasteiger partial charge in [0, 0.05) is 13.0 Å². The zero-order valence-electron chi connectivity index (χ0n) is 12.4. The molecule has 1 aliphatic heterocycles. The molecule has 1 saturated heterocycles. The Labute approximate surface area is 121 Å². The number of carbonyl (C=O) groups is 2. The number of nitrogens with zero attached hydrogens (tertiary/aromatic N) is 1. The molecule has 1 heterocycles. The minimum Gasteiger partial charge on any atom is -0.340 e. The van der Waals surface area contributed by atoms with E-state index < -0.39 is 5.54 Å². The molecule has 1 spiro atoms. The maximum atomic E-state index is 12.9. The maximum absolute atomic E-state index is 12.9. The molecule has 1 saturated carbocycles. The summed E-state index contributed by atoms with van der Waals surface area (Å²) in [7, 11) is 0. The summed E-state index contributed by atoms with van der Waals surface area (Å²) >= 11 is 0. The number of rotatable bonds is 4. The van der Waals surface area contributed by atoms with Crippen LogP contribution in [0.5, 0.6) is 0 Å². The van der Waals surface area contributed by atoms with Crippen molar-refractivity contribution in [2.24, 2.45) is 5.92 Å². The summed E-state index contributed by atoms with van der Waals surface area (Å²) in [6.45, 7) is 4.55. The second kappa shape index (κ2) is 5.87. The van der Waals surface area contributed by atoms with Crippen LogP contribution >= 0.6 is 0 Å². The van der Waals surface area contributed by atoms with Crippen molar-refractivity contribution in [1.29, 1.82) is 0 Å². The smallest absolute Gasteiger partial charge is 0.249 e. The average molecular weight is 276 g/mol. The van der Waals surface area contributed by atoms with Gasteiger partial charge in [0.25, 0.3) is 0 Å². The van der Waals surface area contributed by atoms with Crippen molar-refractivity contribution in [3.63, 3.8) is 0 Å². The van der Waals surface area contributed by atoms with Crippen molar-refractivity contribution in [2.75, 3.05) is 6.54 Å². The lowest BCUT2D eigenvalue weighted by Gasteiger charge is -2.46. The number of hydrogen-bond donors (Lipinski definition) is 1. The van der Waals surface area contributed by atoms with Crippen molar-refractivity contribution < 1.29 is 9.59 Å². The van der Waals surface area contributed by atoms with Gasteiger partial charge in [-0.15, -0.1) is 12.3 Å². The molecule has 2 rings (SSSR count). The van der Waals surface area contributed by atoms with Gasteiger partial charge in [0.05, 0.1) is 0 Å². The Morgan fingerprint density at radius 2 is 2.05 bits per heavy atom. The summed E-state index contributed by atoms with van der Waals surface area (Å²) in [6, 6.07) is -0.355. The minimum atomic E-state index is -0.626. The number of carbonyl (C=O) groups excluding carboxylic acids is 2. The molecular weight excluding hydrogens is 252 g/mol. The lowest BCUT2D eigenvalue weighted by atomic mass is 9.87.